The smallest absolute Gasteiger partial charge is 0.291 e. The number of hydrogen-bond donors (Lipinski definition) is 2. The number of aromatic nitrogens is 2. The molecule has 0 saturated carbocycles. The molecule has 3 heterocycles. The number of anilines is 1. The molecule has 0 aliphatic rings. The molecule has 0 spiro atoms. The lowest BCUT2D eigenvalue weighted by Gasteiger charge is -2.03. The Balaban J connectivity index is 1.59. The van der Waals surface area contributed by atoms with Gasteiger partial charge in [-0.3, -0.25) is 14.3 Å². The van der Waals surface area contributed by atoms with Gasteiger partial charge >= 0.3 is 0 Å². The first-order chi connectivity index (χ1) is 13.6. The van der Waals surface area contributed by atoms with Crippen LogP contribution in [-0.4, -0.2) is 21.6 Å². The Morgan fingerprint density at radius 2 is 2.11 bits per heavy atom. The van der Waals surface area contributed by atoms with Crippen molar-refractivity contribution in [1.82, 2.24) is 9.78 Å². The molecule has 3 aromatic heterocycles. The van der Waals surface area contributed by atoms with Crippen LogP contribution in [0.3, 0.4) is 0 Å². The zero-order chi connectivity index (χ0) is 19.5. The van der Waals surface area contributed by atoms with Crippen molar-refractivity contribution < 1.29 is 14.0 Å². The Labute approximate surface area is 168 Å². The van der Waals surface area contributed by atoms with E-state index in [4.69, 9.17) is 10.2 Å². The zero-order valence-electron chi connectivity index (χ0n) is 14.6. The van der Waals surface area contributed by atoms with Gasteiger partial charge in [0, 0.05) is 22.9 Å². The van der Waals surface area contributed by atoms with Crippen LogP contribution in [0, 0.1) is 0 Å². The first-order valence-corrected chi connectivity index (χ1v) is 10.3. The van der Waals surface area contributed by atoms with Crippen molar-refractivity contribution >= 4 is 51.6 Å². The maximum absolute atomic E-state index is 12.9. The van der Waals surface area contributed by atoms with Crippen LogP contribution in [0.1, 0.15) is 16.1 Å². The largest absolute Gasteiger partial charge is 0.451 e. The highest BCUT2D eigenvalue weighted by Crippen LogP contribution is 2.34. The predicted octanol–water partition coefficient (Wildman–Crippen LogP) is 3.72. The van der Waals surface area contributed by atoms with Crippen molar-refractivity contribution in [3.05, 3.63) is 65.5 Å². The summed E-state index contributed by atoms with van der Waals surface area (Å²) in [4.78, 5) is 23.8. The average molecular weight is 412 g/mol. The third kappa shape index (κ3) is 3.95. The summed E-state index contributed by atoms with van der Waals surface area (Å²) in [6, 6.07) is 11.6. The van der Waals surface area contributed by atoms with Gasteiger partial charge in [-0.2, -0.15) is 5.10 Å². The summed E-state index contributed by atoms with van der Waals surface area (Å²) in [7, 11) is 0. The Hall–Kier alpha value is -3.04. The lowest BCUT2D eigenvalue weighted by molar-refractivity contribution is -0.118. The van der Waals surface area contributed by atoms with E-state index in [1.807, 2.05) is 41.8 Å². The second kappa shape index (κ2) is 7.91. The van der Waals surface area contributed by atoms with Crippen LogP contribution in [0.5, 0.6) is 0 Å². The van der Waals surface area contributed by atoms with Gasteiger partial charge in [0.05, 0.1) is 16.1 Å². The van der Waals surface area contributed by atoms with Crippen LogP contribution < -0.4 is 11.1 Å². The molecule has 0 atom stereocenters. The number of carbonyl (C=O) groups is 2. The van der Waals surface area contributed by atoms with Crippen molar-refractivity contribution in [2.45, 2.75) is 16.5 Å². The van der Waals surface area contributed by atoms with Crippen molar-refractivity contribution in [3.63, 3.8) is 0 Å². The van der Waals surface area contributed by atoms with Crippen LogP contribution in [-0.2, 0) is 17.1 Å². The van der Waals surface area contributed by atoms with Gasteiger partial charge in [0.25, 0.3) is 5.91 Å². The molecule has 0 bridgehead atoms. The number of benzene rings is 1. The average Bonchev–Trinajstić information content (AvgIpc) is 3.39. The molecule has 0 fully saturated rings. The third-order valence-corrected chi connectivity index (χ3v) is 6.12. The van der Waals surface area contributed by atoms with Crippen LogP contribution in [0.15, 0.2) is 62.8 Å². The highest BCUT2D eigenvalue weighted by Gasteiger charge is 2.21. The predicted molar refractivity (Wildman–Crippen MR) is 109 cm³/mol. The standard InChI is InChI=1S/C19H16N4O3S2/c20-16(24)10-23-9-12(8-21-23)22-19(25)18-14(11-28-17-6-3-7-27-17)13-4-1-2-5-15(13)26-18/h1-9H,10-11H2,(H2,20,24)(H,22,25). The number of nitrogens with zero attached hydrogens (tertiary/aromatic N) is 2. The highest BCUT2D eigenvalue weighted by molar-refractivity contribution is 8.00. The van der Waals surface area contributed by atoms with Gasteiger partial charge in [-0.15, -0.1) is 23.1 Å². The molecule has 0 aliphatic heterocycles. The van der Waals surface area contributed by atoms with E-state index < -0.39 is 5.91 Å². The molecule has 0 radical (unpaired) electrons. The number of carbonyl (C=O) groups excluding carboxylic acids is 2. The lowest BCUT2D eigenvalue weighted by atomic mass is 10.1. The summed E-state index contributed by atoms with van der Waals surface area (Å²) < 4.78 is 8.39. The number of nitrogens with one attached hydrogen (secondary N) is 1. The summed E-state index contributed by atoms with van der Waals surface area (Å²) in [5.74, 6) is 0.0111. The first kappa shape index (κ1) is 18.3. The number of rotatable bonds is 7. The summed E-state index contributed by atoms with van der Waals surface area (Å²) in [6.45, 7) is -0.0524. The molecule has 1 aromatic carbocycles. The van der Waals surface area contributed by atoms with Crippen molar-refractivity contribution in [2.24, 2.45) is 5.73 Å². The highest BCUT2D eigenvalue weighted by atomic mass is 32.2. The fourth-order valence-electron chi connectivity index (χ4n) is 2.78. The van der Waals surface area contributed by atoms with E-state index in [1.165, 1.54) is 15.1 Å². The zero-order valence-corrected chi connectivity index (χ0v) is 16.3. The number of thioether (sulfide) groups is 1. The molecule has 7 nitrogen and oxygen atoms in total. The van der Waals surface area contributed by atoms with E-state index in [0.29, 0.717) is 17.0 Å². The maximum atomic E-state index is 12.9. The number of amides is 2. The minimum atomic E-state index is -0.508. The molecule has 3 N–H and O–H groups in total. The topological polar surface area (TPSA) is 103 Å². The number of primary amides is 1. The number of nitrogens with two attached hydrogens (primary N) is 1. The number of fused-ring (bicyclic) bond motifs is 1. The van der Waals surface area contributed by atoms with E-state index >= 15 is 0 Å². The Bertz CT molecular complexity index is 1130. The van der Waals surface area contributed by atoms with E-state index in [9.17, 15) is 9.59 Å². The van der Waals surface area contributed by atoms with Crippen molar-refractivity contribution in [3.8, 4) is 0 Å². The SMILES string of the molecule is NC(=O)Cn1cc(NC(=O)c2oc3ccccc3c2CSc2cccs2)cn1. The molecular weight excluding hydrogens is 396 g/mol. The van der Waals surface area contributed by atoms with Gasteiger partial charge in [0.2, 0.25) is 5.91 Å². The number of furan rings is 1. The Morgan fingerprint density at radius 1 is 1.25 bits per heavy atom. The van der Waals surface area contributed by atoms with E-state index in [1.54, 1.807) is 29.3 Å². The van der Waals surface area contributed by atoms with Gasteiger partial charge in [0.1, 0.15) is 12.1 Å². The normalized spacial score (nSPS) is 11.0. The molecule has 2 amide bonds. The number of hydrogen-bond acceptors (Lipinski definition) is 6. The first-order valence-electron chi connectivity index (χ1n) is 8.39. The number of thiophene rings is 1. The van der Waals surface area contributed by atoms with E-state index in [2.05, 4.69) is 10.4 Å². The molecule has 4 aromatic rings. The van der Waals surface area contributed by atoms with Crippen molar-refractivity contribution in [2.75, 3.05) is 5.32 Å². The summed E-state index contributed by atoms with van der Waals surface area (Å²) in [5, 5.41) is 9.72. The van der Waals surface area contributed by atoms with Crippen LogP contribution in [0.2, 0.25) is 0 Å². The summed E-state index contributed by atoms with van der Waals surface area (Å²) in [5.41, 5.74) is 7.13. The van der Waals surface area contributed by atoms with E-state index in [0.717, 1.165) is 10.9 Å². The van der Waals surface area contributed by atoms with Crippen LogP contribution >= 0.6 is 23.1 Å². The quantitative estimate of drug-likeness (QED) is 0.450. The second-order valence-electron chi connectivity index (χ2n) is 5.97. The monoisotopic (exact) mass is 412 g/mol. The molecule has 28 heavy (non-hydrogen) atoms. The van der Waals surface area contributed by atoms with Gasteiger partial charge in [-0.25, -0.2) is 0 Å². The minimum absolute atomic E-state index is 0.0524. The van der Waals surface area contributed by atoms with Gasteiger partial charge in [-0.05, 0) is 17.5 Å². The van der Waals surface area contributed by atoms with Crippen molar-refractivity contribution in [1.29, 1.82) is 0 Å². The molecular formula is C19H16N4O3S2. The molecule has 142 valence electrons. The molecule has 9 heteroatoms. The van der Waals surface area contributed by atoms with Gasteiger partial charge < -0.3 is 15.5 Å². The van der Waals surface area contributed by atoms with Crippen LogP contribution in [0.25, 0.3) is 11.0 Å². The lowest BCUT2D eigenvalue weighted by Crippen LogP contribution is -2.18. The summed E-state index contributed by atoms with van der Waals surface area (Å²) in [6.07, 6.45) is 3.01. The number of para-hydroxylation sites is 1. The summed E-state index contributed by atoms with van der Waals surface area (Å²) >= 11 is 3.32. The Kier molecular flexibility index (Phi) is 5.18. The molecule has 0 unspecified atom stereocenters. The van der Waals surface area contributed by atoms with Gasteiger partial charge in [0.15, 0.2) is 5.76 Å². The van der Waals surface area contributed by atoms with E-state index in [-0.39, 0.29) is 18.2 Å². The maximum Gasteiger partial charge on any atom is 0.291 e. The third-order valence-electron chi connectivity index (χ3n) is 3.97. The Morgan fingerprint density at radius 3 is 2.89 bits per heavy atom. The fourth-order valence-corrected chi connectivity index (χ4v) is 4.59. The molecule has 4 rings (SSSR count). The fraction of sp³-hybridized carbons (Fsp3) is 0.105. The molecule has 0 saturated heterocycles. The van der Waals surface area contributed by atoms with Gasteiger partial charge in [-0.1, -0.05) is 24.3 Å². The second-order valence-corrected chi connectivity index (χ2v) is 8.20. The molecule has 0 aliphatic carbocycles. The van der Waals surface area contributed by atoms with Crippen LogP contribution in [0.4, 0.5) is 5.69 Å². The minimum Gasteiger partial charge on any atom is -0.451 e.